The van der Waals surface area contributed by atoms with Crippen molar-refractivity contribution >= 4 is 59.0 Å². The molecule has 15 heteroatoms. The van der Waals surface area contributed by atoms with E-state index in [-0.39, 0.29) is 6.42 Å². The third-order valence-corrected chi connectivity index (χ3v) is 8.23. The zero-order valence-corrected chi connectivity index (χ0v) is 17.2. The van der Waals surface area contributed by atoms with Crippen LogP contribution in [0.4, 0.5) is 11.4 Å². The molecule has 1 rings (SSSR count). The minimum absolute atomic E-state index is 0.230. The molecule has 2 unspecified atom stereocenters. The van der Waals surface area contributed by atoms with Gasteiger partial charge in [-0.1, -0.05) is 6.92 Å². The smallest absolute Gasteiger partial charge is 0.296 e. The molecule has 0 aliphatic carbocycles. The highest BCUT2D eigenvalue weighted by Gasteiger charge is 2.35. The van der Waals surface area contributed by atoms with Crippen LogP contribution in [0.15, 0.2) is 21.9 Å². The number of alkyl halides is 1. The lowest BCUT2D eigenvalue weighted by atomic mass is 10.2. The molecule has 1 amide bonds. The predicted octanol–water partition coefficient (Wildman–Crippen LogP) is 0.479. The van der Waals surface area contributed by atoms with Crippen molar-refractivity contribution in [2.24, 2.45) is 0 Å². The van der Waals surface area contributed by atoms with E-state index >= 15 is 0 Å². The summed E-state index contributed by atoms with van der Waals surface area (Å²) in [5.41, 5.74) is 3.84. The summed E-state index contributed by atoms with van der Waals surface area (Å²) in [6, 6.07) is 0.975. The fourth-order valence-corrected chi connectivity index (χ4v) is 5.05. The Balaban J connectivity index is 3.59. The number of halogens is 1. The summed E-state index contributed by atoms with van der Waals surface area (Å²) in [6.07, 6.45) is -0.230. The number of nitrogens with one attached hydrogen (secondary N) is 1. The molecule has 0 saturated heterocycles. The van der Waals surface area contributed by atoms with Crippen molar-refractivity contribution in [1.29, 1.82) is 0 Å². The maximum atomic E-state index is 12.4. The quantitative estimate of drug-likeness (QED) is 0.250. The minimum atomic E-state index is -4.99. The fourth-order valence-electron chi connectivity index (χ4n) is 2.12. The Labute approximate surface area is 161 Å². The third-order valence-electron chi connectivity index (χ3n) is 3.44. The SMILES string of the molecule is CCC(C(=O)Nc1cc(S(=O)(=O)O)c(N)cc1S(=O)(=O)O)S(=O)(=O)C(C)Cl. The van der Waals surface area contributed by atoms with Gasteiger partial charge in [0.25, 0.3) is 20.2 Å². The van der Waals surface area contributed by atoms with Crippen LogP contribution in [0.5, 0.6) is 0 Å². The molecule has 0 fully saturated rings. The number of nitrogen functional groups attached to an aromatic ring is 1. The molecule has 1 aromatic rings. The van der Waals surface area contributed by atoms with Crippen LogP contribution in [-0.4, -0.2) is 50.2 Å². The van der Waals surface area contributed by atoms with Crippen LogP contribution in [0, 0.1) is 0 Å². The number of amides is 1. The van der Waals surface area contributed by atoms with E-state index in [0.717, 1.165) is 6.92 Å². The molecular formula is C12H17ClN2O9S3. The van der Waals surface area contributed by atoms with Gasteiger partial charge in [0, 0.05) is 0 Å². The summed E-state index contributed by atoms with van der Waals surface area (Å²) in [5, 5.41) is 0.233. The van der Waals surface area contributed by atoms with Crippen LogP contribution < -0.4 is 11.1 Å². The predicted molar refractivity (Wildman–Crippen MR) is 97.4 cm³/mol. The second-order valence-electron chi connectivity index (χ2n) is 5.35. The molecule has 0 bridgehead atoms. The second kappa shape index (κ2) is 7.89. The first kappa shape index (κ1) is 23.6. The molecule has 1 aromatic carbocycles. The lowest BCUT2D eigenvalue weighted by Gasteiger charge is -2.18. The fraction of sp³-hybridized carbons (Fsp3) is 0.417. The molecule has 0 heterocycles. The topological polar surface area (TPSA) is 198 Å². The first-order valence-electron chi connectivity index (χ1n) is 7.09. The van der Waals surface area contributed by atoms with Crippen LogP contribution in [0.3, 0.4) is 0 Å². The summed E-state index contributed by atoms with van der Waals surface area (Å²) in [5.74, 6) is -1.22. The molecule has 0 saturated carbocycles. The van der Waals surface area contributed by atoms with Crippen LogP contribution in [-0.2, 0) is 34.9 Å². The molecule has 11 nitrogen and oxygen atoms in total. The van der Waals surface area contributed by atoms with Crippen molar-refractivity contribution in [2.45, 2.75) is 40.0 Å². The van der Waals surface area contributed by atoms with Crippen molar-refractivity contribution in [3.05, 3.63) is 12.1 Å². The van der Waals surface area contributed by atoms with E-state index in [1.54, 1.807) is 0 Å². The number of nitrogens with two attached hydrogens (primary N) is 1. The Morgan fingerprint density at radius 3 is 1.96 bits per heavy atom. The molecule has 154 valence electrons. The van der Waals surface area contributed by atoms with Crippen molar-refractivity contribution in [3.8, 4) is 0 Å². The maximum absolute atomic E-state index is 12.4. The van der Waals surface area contributed by atoms with E-state index in [1.807, 2.05) is 5.32 Å². The molecule has 0 aliphatic heterocycles. The number of rotatable bonds is 7. The van der Waals surface area contributed by atoms with Gasteiger partial charge in [0.1, 0.15) is 19.8 Å². The van der Waals surface area contributed by atoms with Crippen molar-refractivity contribution in [1.82, 2.24) is 0 Å². The summed E-state index contributed by atoms with van der Waals surface area (Å²) < 4.78 is 86.9. The Morgan fingerprint density at radius 1 is 1.11 bits per heavy atom. The average Bonchev–Trinajstić information content (AvgIpc) is 2.46. The first-order valence-corrected chi connectivity index (χ1v) is 12.0. The lowest BCUT2D eigenvalue weighted by Crippen LogP contribution is -2.38. The number of carbonyl (C=O) groups is 1. The van der Waals surface area contributed by atoms with Gasteiger partial charge in [0.05, 0.1) is 11.4 Å². The van der Waals surface area contributed by atoms with E-state index in [2.05, 4.69) is 0 Å². The largest absolute Gasteiger partial charge is 0.398 e. The van der Waals surface area contributed by atoms with Gasteiger partial charge in [-0.15, -0.1) is 11.6 Å². The van der Waals surface area contributed by atoms with Gasteiger partial charge in [-0.25, -0.2) is 8.42 Å². The van der Waals surface area contributed by atoms with Gasteiger partial charge in [-0.3, -0.25) is 13.9 Å². The zero-order valence-electron chi connectivity index (χ0n) is 13.9. The summed E-state index contributed by atoms with van der Waals surface area (Å²) in [6.45, 7) is 2.48. The Hall–Kier alpha value is -1.45. The van der Waals surface area contributed by atoms with Crippen LogP contribution >= 0.6 is 11.6 Å². The summed E-state index contributed by atoms with van der Waals surface area (Å²) in [7, 11) is -14.1. The van der Waals surface area contributed by atoms with Crippen LogP contribution in [0.25, 0.3) is 0 Å². The highest BCUT2D eigenvalue weighted by Crippen LogP contribution is 2.31. The number of hydrogen-bond donors (Lipinski definition) is 4. The molecule has 2 atom stereocenters. The Kier molecular flexibility index (Phi) is 6.89. The van der Waals surface area contributed by atoms with Crippen LogP contribution in [0.1, 0.15) is 20.3 Å². The van der Waals surface area contributed by atoms with E-state index in [4.69, 9.17) is 21.9 Å². The highest BCUT2D eigenvalue weighted by atomic mass is 35.5. The molecule has 5 N–H and O–H groups in total. The molecular weight excluding hydrogens is 448 g/mol. The zero-order chi connectivity index (χ0) is 21.4. The van der Waals surface area contributed by atoms with Gasteiger partial charge in [-0.05, 0) is 25.5 Å². The average molecular weight is 465 g/mol. The monoisotopic (exact) mass is 464 g/mol. The number of benzene rings is 1. The maximum Gasteiger partial charge on any atom is 0.296 e. The standard InChI is InChI=1S/C12H17ClN2O9S3/c1-3-9(25(17,18)6(2)13)12(16)15-8-5-10(26(19,20)21)7(14)4-11(8)27(22,23)24/h4-6,9H,3,14H2,1-2H3,(H,15,16)(H,19,20,21)(H,22,23,24). The van der Waals surface area contributed by atoms with Gasteiger partial charge >= 0.3 is 0 Å². The molecule has 0 radical (unpaired) electrons. The molecule has 0 aliphatic rings. The van der Waals surface area contributed by atoms with Gasteiger partial charge in [-0.2, -0.15) is 16.8 Å². The van der Waals surface area contributed by atoms with Crippen molar-refractivity contribution in [3.63, 3.8) is 0 Å². The normalized spacial score (nSPS) is 15.1. The first-order chi connectivity index (χ1) is 12.0. The lowest BCUT2D eigenvalue weighted by molar-refractivity contribution is -0.115. The number of carbonyl (C=O) groups excluding carboxylic acids is 1. The van der Waals surface area contributed by atoms with Gasteiger partial charge < -0.3 is 11.1 Å². The summed E-state index contributed by atoms with van der Waals surface area (Å²) in [4.78, 5) is 10.4. The van der Waals surface area contributed by atoms with Crippen LogP contribution in [0.2, 0.25) is 0 Å². The van der Waals surface area contributed by atoms with Crippen molar-refractivity contribution in [2.75, 3.05) is 11.1 Å². The van der Waals surface area contributed by atoms with E-state index < -0.39 is 67.1 Å². The second-order valence-corrected chi connectivity index (χ2v) is 11.5. The number of sulfone groups is 1. The number of anilines is 2. The minimum Gasteiger partial charge on any atom is -0.398 e. The van der Waals surface area contributed by atoms with E-state index in [9.17, 15) is 34.6 Å². The van der Waals surface area contributed by atoms with E-state index in [0.29, 0.717) is 12.1 Å². The third kappa shape index (κ3) is 5.30. The van der Waals surface area contributed by atoms with Gasteiger partial charge in [0.15, 0.2) is 9.84 Å². The van der Waals surface area contributed by atoms with Gasteiger partial charge in [0.2, 0.25) is 5.91 Å². The molecule has 27 heavy (non-hydrogen) atoms. The number of hydrogen-bond acceptors (Lipinski definition) is 8. The van der Waals surface area contributed by atoms with Crippen molar-refractivity contribution < 1.29 is 39.2 Å². The summed E-state index contributed by atoms with van der Waals surface area (Å²) >= 11 is 5.57. The Bertz CT molecular complexity index is 1060. The molecule has 0 spiro atoms. The highest BCUT2D eigenvalue weighted by molar-refractivity contribution is 7.94. The van der Waals surface area contributed by atoms with E-state index in [1.165, 1.54) is 6.92 Å². The molecule has 0 aromatic heterocycles. The Morgan fingerprint density at radius 2 is 1.59 bits per heavy atom.